The summed E-state index contributed by atoms with van der Waals surface area (Å²) in [5.74, 6) is -3.16. The Morgan fingerprint density at radius 2 is 1.81 bits per heavy atom. The first-order chi connectivity index (χ1) is 15.4. The number of hydrogen-bond donors (Lipinski definition) is 3. The molecule has 5 rings (SSSR count). The van der Waals surface area contributed by atoms with Crippen LogP contribution >= 0.6 is 11.6 Å². The van der Waals surface area contributed by atoms with E-state index >= 15 is 0 Å². The topological polar surface area (TPSA) is 109 Å². The lowest BCUT2D eigenvalue weighted by Crippen LogP contribution is -2.52. The summed E-state index contributed by atoms with van der Waals surface area (Å²) >= 11 is 6.11. The fourth-order valence-corrected chi connectivity index (χ4v) is 5.49. The van der Waals surface area contributed by atoms with Gasteiger partial charge in [0.15, 0.2) is 11.2 Å². The molecular formula is C24H20ClNO6. The highest BCUT2D eigenvalue weighted by atomic mass is 35.5. The molecule has 0 spiro atoms. The fraction of sp³-hybridized carbons (Fsp3) is 0.250. The molecule has 7 nitrogen and oxygen atoms in total. The van der Waals surface area contributed by atoms with E-state index in [1.165, 1.54) is 19.5 Å². The summed E-state index contributed by atoms with van der Waals surface area (Å²) in [5, 5.41) is 34.4. The number of rotatable bonds is 4. The van der Waals surface area contributed by atoms with Crippen LogP contribution in [0.15, 0.2) is 67.0 Å². The number of nitrogens with zero attached hydrogens (tertiary/aromatic N) is 1. The third-order valence-electron chi connectivity index (χ3n) is 6.60. The quantitative estimate of drug-likeness (QED) is 0.557. The van der Waals surface area contributed by atoms with E-state index in [0.717, 1.165) is 0 Å². The van der Waals surface area contributed by atoms with E-state index in [9.17, 15) is 20.1 Å². The Hall–Kier alpha value is -3.13. The van der Waals surface area contributed by atoms with E-state index in [1.807, 2.05) is 6.07 Å². The van der Waals surface area contributed by atoms with E-state index in [-0.39, 0.29) is 17.1 Å². The van der Waals surface area contributed by atoms with Crippen molar-refractivity contribution in [2.75, 3.05) is 7.11 Å². The number of aliphatic carboxylic acids is 1. The maximum atomic E-state index is 12.5. The first kappa shape index (κ1) is 20.8. The minimum atomic E-state index is -2.14. The van der Waals surface area contributed by atoms with Gasteiger partial charge in [-0.2, -0.15) is 0 Å². The molecule has 2 aliphatic rings. The molecule has 1 saturated carbocycles. The third-order valence-corrected chi connectivity index (χ3v) is 6.85. The summed E-state index contributed by atoms with van der Waals surface area (Å²) in [6, 6.07) is 15.5. The molecule has 2 heterocycles. The van der Waals surface area contributed by atoms with Crippen LogP contribution in [-0.4, -0.2) is 39.5 Å². The van der Waals surface area contributed by atoms with Crippen LogP contribution in [0, 0.1) is 5.92 Å². The third kappa shape index (κ3) is 2.50. The van der Waals surface area contributed by atoms with Crippen molar-refractivity contribution < 1.29 is 29.6 Å². The Morgan fingerprint density at radius 1 is 1.12 bits per heavy atom. The summed E-state index contributed by atoms with van der Waals surface area (Å²) in [7, 11) is 1.41. The lowest BCUT2D eigenvalue weighted by molar-refractivity contribution is -0.159. The summed E-state index contributed by atoms with van der Waals surface area (Å²) in [6.07, 6.45) is 1.12. The number of carboxylic acid groups (broad SMARTS) is 1. The summed E-state index contributed by atoms with van der Waals surface area (Å²) in [4.78, 5) is 16.6. The zero-order chi connectivity index (χ0) is 22.7. The van der Waals surface area contributed by atoms with Gasteiger partial charge in [-0.05, 0) is 23.3 Å². The zero-order valence-electron chi connectivity index (χ0n) is 17.0. The van der Waals surface area contributed by atoms with Gasteiger partial charge >= 0.3 is 5.97 Å². The average molecular weight is 454 g/mol. The van der Waals surface area contributed by atoms with Crippen LogP contribution < -0.4 is 9.47 Å². The van der Waals surface area contributed by atoms with Crippen LogP contribution in [-0.2, 0) is 16.0 Å². The molecule has 164 valence electrons. The van der Waals surface area contributed by atoms with E-state index in [0.29, 0.717) is 16.1 Å². The van der Waals surface area contributed by atoms with Gasteiger partial charge in [0.25, 0.3) is 0 Å². The maximum Gasteiger partial charge on any atom is 0.310 e. The van der Waals surface area contributed by atoms with Crippen molar-refractivity contribution in [2.24, 2.45) is 5.92 Å². The molecule has 0 bridgehead atoms. The Balaban J connectivity index is 1.89. The van der Waals surface area contributed by atoms with Crippen molar-refractivity contribution in [2.45, 2.75) is 23.2 Å². The van der Waals surface area contributed by atoms with Gasteiger partial charge in [-0.25, -0.2) is 0 Å². The largest absolute Gasteiger partial charge is 0.495 e. The molecule has 2 aromatic carbocycles. The van der Waals surface area contributed by atoms with Crippen LogP contribution in [0.25, 0.3) is 0 Å². The number of hydrogen-bond acceptors (Lipinski definition) is 6. The number of carboxylic acids is 1. The monoisotopic (exact) mass is 453 g/mol. The normalized spacial score (nSPS) is 30.3. The number of halogens is 1. The molecule has 1 aliphatic carbocycles. The first-order valence-electron chi connectivity index (χ1n) is 10.0. The van der Waals surface area contributed by atoms with E-state index in [1.54, 1.807) is 48.5 Å². The summed E-state index contributed by atoms with van der Waals surface area (Å²) in [5.41, 5.74) is -2.58. The number of carbonyl (C=O) groups is 1. The van der Waals surface area contributed by atoms with Gasteiger partial charge in [0, 0.05) is 10.9 Å². The summed E-state index contributed by atoms with van der Waals surface area (Å²) in [6.45, 7) is 0. The van der Waals surface area contributed by atoms with Crippen molar-refractivity contribution in [3.63, 3.8) is 0 Å². The fourth-order valence-electron chi connectivity index (χ4n) is 5.37. The number of methoxy groups -OCH3 is 1. The van der Waals surface area contributed by atoms with Gasteiger partial charge in [0.05, 0.1) is 31.0 Å². The first-order valence-corrected chi connectivity index (χ1v) is 10.4. The lowest BCUT2D eigenvalue weighted by atomic mass is 9.70. The number of pyridine rings is 1. The Labute approximate surface area is 188 Å². The Kier molecular flexibility index (Phi) is 4.67. The molecule has 1 fully saturated rings. The van der Waals surface area contributed by atoms with Crippen LogP contribution in [0.1, 0.15) is 22.6 Å². The Bertz CT molecular complexity index is 1190. The number of aromatic nitrogens is 1. The van der Waals surface area contributed by atoms with Crippen molar-refractivity contribution in [1.29, 1.82) is 0 Å². The number of ether oxygens (including phenoxy) is 2. The number of aliphatic hydroxyl groups excluding tert-OH is 1. The highest BCUT2D eigenvalue weighted by Gasteiger charge is 2.78. The van der Waals surface area contributed by atoms with Gasteiger partial charge in [-0.1, -0.05) is 54.1 Å². The van der Waals surface area contributed by atoms with Gasteiger partial charge in [0.1, 0.15) is 17.6 Å². The minimum absolute atomic E-state index is 0.169. The Morgan fingerprint density at radius 3 is 2.44 bits per heavy atom. The van der Waals surface area contributed by atoms with Crippen LogP contribution in [0.3, 0.4) is 0 Å². The number of aliphatic hydroxyl groups is 2. The standard InChI is InChI=1S/C24H20ClNO6/c1-31-16-11-26-12-17-20(16)23(30)21(27)18(22(28)29)19(13-5-3-2-4-6-13)24(23,32-17)14-7-9-15(25)10-8-14/h2-12,18-19,21,27,30H,1H3,(H,28,29). The van der Waals surface area contributed by atoms with Crippen molar-refractivity contribution in [3.05, 3.63) is 88.7 Å². The SMILES string of the molecule is COc1cncc2c1C1(O)C(O)C(C(=O)O)C(c3ccccc3)C1(c1ccc(Cl)cc1)O2. The maximum absolute atomic E-state index is 12.5. The van der Waals surface area contributed by atoms with Crippen LogP contribution in [0.4, 0.5) is 0 Å². The summed E-state index contributed by atoms with van der Waals surface area (Å²) < 4.78 is 11.9. The molecule has 3 aromatic rings. The predicted molar refractivity (Wildman–Crippen MR) is 115 cm³/mol. The molecule has 32 heavy (non-hydrogen) atoms. The molecule has 0 amide bonds. The molecule has 3 N–H and O–H groups in total. The highest BCUT2D eigenvalue weighted by molar-refractivity contribution is 6.30. The molecule has 1 aromatic heterocycles. The second kappa shape index (κ2) is 7.20. The van der Waals surface area contributed by atoms with Crippen molar-refractivity contribution in [1.82, 2.24) is 4.98 Å². The second-order valence-electron chi connectivity index (χ2n) is 8.02. The van der Waals surface area contributed by atoms with E-state index in [2.05, 4.69) is 4.98 Å². The second-order valence-corrected chi connectivity index (χ2v) is 8.46. The zero-order valence-corrected chi connectivity index (χ0v) is 17.7. The van der Waals surface area contributed by atoms with E-state index in [4.69, 9.17) is 21.1 Å². The van der Waals surface area contributed by atoms with Crippen LogP contribution in [0.5, 0.6) is 11.5 Å². The van der Waals surface area contributed by atoms with E-state index < -0.39 is 35.1 Å². The van der Waals surface area contributed by atoms with Gasteiger partial charge < -0.3 is 24.8 Å². The average Bonchev–Trinajstić information content (AvgIpc) is 3.18. The number of fused-ring (bicyclic) bond motifs is 3. The molecule has 1 aliphatic heterocycles. The molecule has 5 atom stereocenters. The molecule has 8 heteroatoms. The molecule has 0 radical (unpaired) electrons. The highest BCUT2D eigenvalue weighted by Crippen LogP contribution is 2.69. The molecular weight excluding hydrogens is 434 g/mol. The molecule has 0 saturated heterocycles. The smallest absolute Gasteiger partial charge is 0.310 e. The molecule has 5 unspecified atom stereocenters. The van der Waals surface area contributed by atoms with Crippen LogP contribution in [0.2, 0.25) is 5.02 Å². The minimum Gasteiger partial charge on any atom is -0.495 e. The predicted octanol–water partition coefficient (Wildman–Crippen LogP) is 3.08. The van der Waals surface area contributed by atoms with Gasteiger partial charge in [0.2, 0.25) is 0 Å². The van der Waals surface area contributed by atoms with Gasteiger partial charge in [-0.15, -0.1) is 0 Å². The van der Waals surface area contributed by atoms with Crippen molar-refractivity contribution in [3.8, 4) is 11.5 Å². The van der Waals surface area contributed by atoms with Crippen molar-refractivity contribution >= 4 is 17.6 Å². The number of benzene rings is 2. The lowest BCUT2D eigenvalue weighted by Gasteiger charge is -2.40. The van der Waals surface area contributed by atoms with Gasteiger partial charge in [-0.3, -0.25) is 9.78 Å².